The van der Waals surface area contributed by atoms with Crippen molar-refractivity contribution in [3.63, 3.8) is 0 Å². The van der Waals surface area contributed by atoms with Gasteiger partial charge >= 0.3 is 0 Å². The van der Waals surface area contributed by atoms with E-state index in [0.717, 1.165) is 23.0 Å². The highest BCUT2D eigenvalue weighted by Gasteiger charge is 2.11. The van der Waals surface area contributed by atoms with E-state index >= 15 is 0 Å². The number of ether oxygens (including phenoxy) is 2. The Labute approximate surface area is 185 Å². The molecule has 0 aliphatic carbocycles. The summed E-state index contributed by atoms with van der Waals surface area (Å²) in [6, 6.07) is 14.3. The van der Waals surface area contributed by atoms with Gasteiger partial charge in [0.15, 0.2) is 5.96 Å². The van der Waals surface area contributed by atoms with Crippen molar-refractivity contribution >= 4 is 35.6 Å². The smallest absolute Gasteiger partial charge is 0.193 e. The highest BCUT2D eigenvalue weighted by molar-refractivity contribution is 14.0. The minimum Gasteiger partial charge on any atom is -0.497 e. The van der Waals surface area contributed by atoms with Gasteiger partial charge in [-0.15, -0.1) is 24.0 Å². The Kier molecular flexibility index (Phi) is 9.92. The van der Waals surface area contributed by atoms with Crippen LogP contribution in [0, 0.1) is 0 Å². The SMILES string of the molecule is CN=C(NCc1ccc(N(C)C)cc1)N(C)Cc1ccc(OC)cc1OC.I. The molecule has 0 amide bonds. The molecule has 0 aliphatic heterocycles. The van der Waals surface area contributed by atoms with Crippen LogP contribution in [-0.4, -0.2) is 53.3 Å². The number of nitrogens with zero attached hydrogens (tertiary/aromatic N) is 3. The van der Waals surface area contributed by atoms with Crippen LogP contribution in [0.5, 0.6) is 11.5 Å². The van der Waals surface area contributed by atoms with Crippen LogP contribution in [0.4, 0.5) is 5.69 Å². The minimum absolute atomic E-state index is 0. The number of aliphatic imine (C=N–C) groups is 1. The number of guanidine groups is 1. The first kappa shape index (κ1) is 23.9. The summed E-state index contributed by atoms with van der Waals surface area (Å²) in [5.41, 5.74) is 3.46. The summed E-state index contributed by atoms with van der Waals surface area (Å²) < 4.78 is 10.8. The van der Waals surface area contributed by atoms with Gasteiger partial charge in [-0.3, -0.25) is 4.99 Å². The van der Waals surface area contributed by atoms with Crippen molar-refractivity contribution in [2.24, 2.45) is 4.99 Å². The van der Waals surface area contributed by atoms with Gasteiger partial charge in [0.25, 0.3) is 0 Å². The average molecular weight is 498 g/mol. The summed E-state index contributed by atoms with van der Waals surface area (Å²) in [7, 11) is 11.2. The fourth-order valence-electron chi connectivity index (χ4n) is 2.79. The zero-order valence-electron chi connectivity index (χ0n) is 17.5. The Morgan fingerprint density at radius 3 is 2.21 bits per heavy atom. The van der Waals surface area contributed by atoms with Crippen LogP contribution >= 0.6 is 24.0 Å². The number of benzene rings is 2. The van der Waals surface area contributed by atoms with Gasteiger partial charge in [-0.1, -0.05) is 12.1 Å². The van der Waals surface area contributed by atoms with Crippen LogP contribution in [0.1, 0.15) is 11.1 Å². The summed E-state index contributed by atoms with van der Waals surface area (Å²) in [5.74, 6) is 2.41. The third kappa shape index (κ3) is 6.47. The number of anilines is 1. The second kappa shape index (κ2) is 11.6. The van der Waals surface area contributed by atoms with Gasteiger partial charge in [0.1, 0.15) is 11.5 Å². The van der Waals surface area contributed by atoms with Crippen molar-refractivity contribution in [3.05, 3.63) is 53.6 Å². The van der Waals surface area contributed by atoms with Crippen LogP contribution in [-0.2, 0) is 13.1 Å². The largest absolute Gasteiger partial charge is 0.497 e. The highest BCUT2D eigenvalue weighted by atomic mass is 127. The molecule has 2 aromatic rings. The monoisotopic (exact) mass is 498 g/mol. The molecule has 0 heterocycles. The van der Waals surface area contributed by atoms with E-state index in [4.69, 9.17) is 9.47 Å². The molecule has 0 aliphatic rings. The lowest BCUT2D eigenvalue weighted by Crippen LogP contribution is -2.38. The van der Waals surface area contributed by atoms with Crippen LogP contribution in [0.3, 0.4) is 0 Å². The van der Waals surface area contributed by atoms with E-state index in [2.05, 4.69) is 44.4 Å². The molecule has 7 heteroatoms. The number of hydrogen-bond donors (Lipinski definition) is 1. The molecule has 0 atom stereocenters. The normalized spacial score (nSPS) is 10.7. The van der Waals surface area contributed by atoms with Crippen molar-refractivity contribution in [3.8, 4) is 11.5 Å². The molecule has 6 nitrogen and oxygen atoms in total. The lowest BCUT2D eigenvalue weighted by molar-refractivity contribution is 0.382. The van der Waals surface area contributed by atoms with Crippen LogP contribution in [0.2, 0.25) is 0 Å². The van der Waals surface area contributed by atoms with Crippen molar-refractivity contribution < 1.29 is 9.47 Å². The molecule has 2 aromatic carbocycles. The molecule has 0 fully saturated rings. The van der Waals surface area contributed by atoms with Gasteiger partial charge < -0.3 is 24.6 Å². The maximum atomic E-state index is 5.49. The standard InChI is InChI=1S/C21H30N4O2.HI/c1-22-21(23-14-16-7-10-18(11-8-16)24(2)3)25(4)15-17-9-12-19(26-5)13-20(17)27-6;/h7-13H,14-15H2,1-6H3,(H,22,23);1H. The molecule has 154 valence electrons. The van der Waals surface area contributed by atoms with Gasteiger partial charge in [-0.05, 0) is 29.8 Å². The first-order valence-electron chi connectivity index (χ1n) is 8.87. The van der Waals surface area contributed by atoms with Gasteiger partial charge in [0.2, 0.25) is 0 Å². The van der Waals surface area contributed by atoms with Crippen LogP contribution in [0.25, 0.3) is 0 Å². The Hall–Kier alpha value is -2.16. The topological polar surface area (TPSA) is 49.3 Å². The van der Waals surface area contributed by atoms with E-state index in [9.17, 15) is 0 Å². The first-order valence-corrected chi connectivity index (χ1v) is 8.87. The number of hydrogen-bond acceptors (Lipinski definition) is 4. The summed E-state index contributed by atoms with van der Waals surface area (Å²) in [4.78, 5) is 8.55. The number of methoxy groups -OCH3 is 2. The zero-order valence-corrected chi connectivity index (χ0v) is 19.9. The van der Waals surface area contributed by atoms with E-state index in [0.29, 0.717) is 13.1 Å². The third-order valence-corrected chi connectivity index (χ3v) is 4.38. The second-order valence-corrected chi connectivity index (χ2v) is 6.50. The van der Waals surface area contributed by atoms with Crippen LogP contribution < -0.4 is 19.7 Å². The van der Waals surface area contributed by atoms with Crippen molar-refractivity contribution in [1.82, 2.24) is 10.2 Å². The summed E-state index contributed by atoms with van der Waals surface area (Å²) >= 11 is 0. The number of rotatable bonds is 7. The van der Waals surface area contributed by atoms with Gasteiger partial charge in [0, 0.05) is 58.6 Å². The van der Waals surface area contributed by atoms with Gasteiger partial charge in [-0.25, -0.2) is 0 Å². The predicted octanol–water partition coefficient (Wildman–Crippen LogP) is 3.60. The van der Waals surface area contributed by atoms with Crippen molar-refractivity contribution in [1.29, 1.82) is 0 Å². The molecule has 0 saturated carbocycles. The maximum Gasteiger partial charge on any atom is 0.193 e. The molecule has 0 bridgehead atoms. The average Bonchev–Trinajstić information content (AvgIpc) is 2.69. The minimum atomic E-state index is 0. The Morgan fingerprint density at radius 2 is 1.68 bits per heavy atom. The Balaban J connectivity index is 0.00000392. The molecule has 2 rings (SSSR count). The molecular formula is C21H31IN4O2. The summed E-state index contributed by atoms with van der Waals surface area (Å²) in [6.45, 7) is 1.39. The third-order valence-electron chi connectivity index (χ3n) is 4.38. The molecule has 0 saturated heterocycles. The van der Waals surface area contributed by atoms with E-state index in [1.165, 1.54) is 11.3 Å². The Bertz CT molecular complexity index is 764. The first-order chi connectivity index (χ1) is 13.0. The molecule has 1 N–H and O–H groups in total. The van der Waals surface area contributed by atoms with Crippen LogP contribution in [0.15, 0.2) is 47.5 Å². The predicted molar refractivity (Wildman–Crippen MR) is 127 cm³/mol. The summed E-state index contributed by atoms with van der Waals surface area (Å²) in [5, 5.41) is 3.41. The van der Waals surface area contributed by atoms with E-state index in [1.54, 1.807) is 21.3 Å². The van der Waals surface area contributed by atoms with E-state index < -0.39 is 0 Å². The fourth-order valence-corrected chi connectivity index (χ4v) is 2.79. The molecule has 0 spiro atoms. The Morgan fingerprint density at radius 1 is 1.00 bits per heavy atom. The molecular weight excluding hydrogens is 467 g/mol. The van der Waals surface area contributed by atoms with Crippen molar-refractivity contribution in [2.45, 2.75) is 13.1 Å². The number of nitrogens with one attached hydrogen (secondary N) is 1. The van der Waals surface area contributed by atoms with E-state index in [1.807, 2.05) is 39.3 Å². The van der Waals surface area contributed by atoms with Gasteiger partial charge in [-0.2, -0.15) is 0 Å². The molecule has 0 unspecified atom stereocenters. The van der Waals surface area contributed by atoms with E-state index in [-0.39, 0.29) is 24.0 Å². The molecule has 0 radical (unpaired) electrons. The van der Waals surface area contributed by atoms with Crippen molar-refractivity contribution in [2.75, 3.05) is 47.3 Å². The zero-order chi connectivity index (χ0) is 19.8. The summed E-state index contributed by atoms with van der Waals surface area (Å²) in [6.07, 6.45) is 0. The highest BCUT2D eigenvalue weighted by Crippen LogP contribution is 2.25. The maximum absolute atomic E-state index is 5.49. The van der Waals surface area contributed by atoms with Gasteiger partial charge in [0.05, 0.1) is 14.2 Å². The lowest BCUT2D eigenvalue weighted by atomic mass is 10.2. The lowest BCUT2D eigenvalue weighted by Gasteiger charge is -2.23. The molecule has 0 aromatic heterocycles. The molecule has 28 heavy (non-hydrogen) atoms. The quantitative estimate of drug-likeness (QED) is 0.359. The fraction of sp³-hybridized carbons (Fsp3) is 0.381. The second-order valence-electron chi connectivity index (χ2n) is 6.50. The number of halogens is 1.